The standard InChI is InChI=1S/C16H27N3O2S.2ClH/c1-11(13-4-6-17-7-5-13)8-15(20)18-9-14-10-22-16(19-14)12(2)21-3;;/h10-13,17H,4-9H2,1-3H3,(H,18,20);2*1H. The van der Waals surface area contributed by atoms with Crippen molar-refractivity contribution < 1.29 is 9.53 Å². The van der Waals surface area contributed by atoms with E-state index in [1.54, 1.807) is 18.4 Å². The van der Waals surface area contributed by atoms with Gasteiger partial charge in [0.2, 0.25) is 5.91 Å². The first kappa shape index (κ1) is 23.6. The van der Waals surface area contributed by atoms with Gasteiger partial charge in [0.25, 0.3) is 0 Å². The molecule has 0 saturated carbocycles. The molecule has 1 aliphatic rings. The lowest BCUT2D eigenvalue weighted by Crippen LogP contribution is -2.33. The predicted octanol–water partition coefficient (Wildman–Crippen LogP) is 3.34. The second kappa shape index (κ2) is 12.0. The summed E-state index contributed by atoms with van der Waals surface area (Å²) in [5.74, 6) is 1.24. The van der Waals surface area contributed by atoms with Crippen molar-refractivity contribution >= 4 is 42.1 Å². The second-order valence-corrected chi connectivity index (χ2v) is 6.99. The molecule has 1 fully saturated rings. The minimum atomic E-state index is 0. The average Bonchev–Trinajstić information content (AvgIpc) is 3.02. The number of thiazole rings is 1. The van der Waals surface area contributed by atoms with E-state index in [0.29, 0.717) is 24.8 Å². The molecule has 0 spiro atoms. The molecule has 0 aromatic carbocycles. The molecule has 2 rings (SSSR count). The fourth-order valence-corrected chi connectivity index (χ4v) is 3.68. The van der Waals surface area contributed by atoms with E-state index in [-0.39, 0.29) is 36.8 Å². The van der Waals surface area contributed by atoms with Crippen LogP contribution in [0.5, 0.6) is 0 Å². The van der Waals surface area contributed by atoms with Crippen molar-refractivity contribution in [3.63, 3.8) is 0 Å². The molecule has 1 amide bonds. The number of nitrogens with one attached hydrogen (secondary N) is 2. The van der Waals surface area contributed by atoms with Crippen LogP contribution in [0, 0.1) is 11.8 Å². The zero-order chi connectivity index (χ0) is 15.9. The van der Waals surface area contributed by atoms with Gasteiger partial charge in [-0.15, -0.1) is 36.2 Å². The number of halogens is 2. The SMILES string of the molecule is COC(C)c1nc(CNC(=O)CC(C)C2CCNCC2)cs1.Cl.Cl. The summed E-state index contributed by atoms with van der Waals surface area (Å²) in [4.78, 5) is 16.6. The Bertz CT molecular complexity index is 482. The zero-order valence-corrected chi connectivity index (χ0v) is 17.0. The van der Waals surface area contributed by atoms with Crippen LogP contribution in [0.4, 0.5) is 0 Å². The normalized spacial score (nSPS) is 17.3. The third kappa shape index (κ3) is 7.23. The minimum absolute atomic E-state index is 0. The van der Waals surface area contributed by atoms with Crippen LogP contribution >= 0.6 is 36.2 Å². The first-order chi connectivity index (χ1) is 10.6. The Hall–Kier alpha value is -0.400. The summed E-state index contributed by atoms with van der Waals surface area (Å²) in [6.07, 6.45) is 2.97. The Morgan fingerprint density at radius 2 is 2.08 bits per heavy atom. The van der Waals surface area contributed by atoms with Crippen LogP contribution in [0.1, 0.15) is 49.9 Å². The molecule has 2 atom stereocenters. The number of carbonyl (C=O) groups is 1. The monoisotopic (exact) mass is 397 g/mol. The largest absolute Gasteiger partial charge is 0.375 e. The molecule has 1 saturated heterocycles. The summed E-state index contributed by atoms with van der Waals surface area (Å²) in [7, 11) is 1.68. The quantitative estimate of drug-likeness (QED) is 0.740. The summed E-state index contributed by atoms with van der Waals surface area (Å²) in [6, 6.07) is 0. The number of piperidine rings is 1. The maximum atomic E-state index is 12.1. The van der Waals surface area contributed by atoms with Gasteiger partial charge in [0.1, 0.15) is 11.1 Å². The zero-order valence-electron chi connectivity index (χ0n) is 14.5. The van der Waals surface area contributed by atoms with E-state index in [0.717, 1.165) is 23.8 Å². The van der Waals surface area contributed by atoms with Gasteiger partial charge in [-0.3, -0.25) is 4.79 Å². The molecule has 0 radical (unpaired) electrons. The summed E-state index contributed by atoms with van der Waals surface area (Å²) in [5.41, 5.74) is 0.909. The van der Waals surface area contributed by atoms with E-state index in [1.165, 1.54) is 12.8 Å². The van der Waals surface area contributed by atoms with E-state index < -0.39 is 0 Å². The molecule has 2 unspecified atom stereocenters. The molecule has 140 valence electrons. The van der Waals surface area contributed by atoms with Gasteiger partial charge in [0.15, 0.2) is 0 Å². The molecule has 8 heteroatoms. The van der Waals surface area contributed by atoms with Crippen LogP contribution in [0.3, 0.4) is 0 Å². The number of nitrogens with zero attached hydrogens (tertiary/aromatic N) is 1. The van der Waals surface area contributed by atoms with Gasteiger partial charge in [-0.25, -0.2) is 4.98 Å². The van der Waals surface area contributed by atoms with Gasteiger partial charge in [-0.1, -0.05) is 6.92 Å². The van der Waals surface area contributed by atoms with Gasteiger partial charge in [-0.2, -0.15) is 0 Å². The fourth-order valence-electron chi connectivity index (χ4n) is 2.83. The van der Waals surface area contributed by atoms with Gasteiger partial charge in [0, 0.05) is 18.9 Å². The first-order valence-corrected chi connectivity index (χ1v) is 8.92. The van der Waals surface area contributed by atoms with E-state index in [1.807, 2.05) is 12.3 Å². The van der Waals surface area contributed by atoms with E-state index in [9.17, 15) is 4.79 Å². The van der Waals surface area contributed by atoms with Crippen molar-refractivity contribution in [2.75, 3.05) is 20.2 Å². The predicted molar refractivity (Wildman–Crippen MR) is 103 cm³/mol. The second-order valence-electron chi connectivity index (χ2n) is 6.10. The maximum absolute atomic E-state index is 12.1. The number of aromatic nitrogens is 1. The maximum Gasteiger partial charge on any atom is 0.220 e. The molecular formula is C16H29Cl2N3O2S. The molecule has 1 aromatic heterocycles. The summed E-state index contributed by atoms with van der Waals surface area (Å²) < 4.78 is 5.25. The Balaban J connectivity index is 0.00000264. The lowest BCUT2D eigenvalue weighted by atomic mass is 9.84. The van der Waals surface area contributed by atoms with Gasteiger partial charge in [-0.05, 0) is 44.7 Å². The number of rotatable bonds is 7. The molecule has 0 bridgehead atoms. The van der Waals surface area contributed by atoms with Gasteiger partial charge in [0.05, 0.1) is 12.2 Å². The van der Waals surface area contributed by atoms with Crippen LogP contribution in [-0.4, -0.2) is 31.1 Å². The van der Waals surface area contributed by atoms with Crippen LogP contribution in [0.15, 0.2) is 5.38 Å². The molecule has 1 aliphatic heterocycles. The van der Waals surface area contributed by atoms with Crippen LogP contribution in [0.25, 0.3) is 0 Å². The highest BCUT2D eigenvalue weighted by Gasteiger charge is 2.22. The fraction of sp³-hybridized carbons (Fsp3) is 0.750. The summed E-state index contributed by atoms with van der Waals surface area (Å²) in [6.45, 7) is 6.83. The smallest absolute Gasteiger partial charge is 0.220 e. The molecule has 1 aromatic rings. The van der Waals surface area contributed by atoms with Crippen molar-refractivity contribution in [1.82, 2.24) is 15.6 Å². The number of hydrogen-bond donors (Lipinski definition) is 2. The van der Waals surface area contributed by atoms with Crippen molar-refractivity contribution in [2.24, 2.45) is 11.8 Å². The van der Waals surface area contributed by atoms with Gasteiger partial charge >= 0.3 is 0 Å². The van der Waals surface area contributed by atoms with Crippen LogP contribution in [-0.2, 0) is 16.1 Å². The number of hydrogen-bond acceptors (Lipinski definition) is 5. The molecule has 2 heterocycles. The number of methoxy groups -OCH3 is 1. The third-order valence-electron chi connectivity index (χ3n) is 4.43. The van der Waals surface area contributed by atoms with Gasteiger partial charge < -0.3 is 15.4 Å². The Kier molecular flexibility index (Phi) is 11.8. The molecule has 2 N–H and O–H groups in total. The van der Waals surface area contributed by atoms with E-state index in [2.05, 4.69) is 22.5 Å². The molecule has 24 heavy (non-hydrogen) atoms. The Morgan fingerprint density at radius 1 is 1.42 bits per heavy atom. The lowest BCUT2D eigenvalue weighted by molar-refractivity contribution is -0.122. The van der Waals surface area contributed by atoms with E-state index >= 15 is 0 Å². The number of amides is 1. The van der Waals surface area contributed by atoms with E-state index in [4.69, 9.17) is 4.74 Å². The molecular weight excluding hydrogens is 369 g/mol. The number of carbonyl (C=O) groups excluding carboxylic acids is 1. The van der Waals surface area contributed by atoms with Crippen molar-refractivity contribution in [2.45, 2.75) is 45.8 Å². The highest BCUT2D eigenvalue weighted by atomic mass is 35.5. The Morgan fingerprint density at radius 3 is 2.71 bits per heavy atom. The number of ether oxygens (including phenoxy) is 1. The van der Waals surface area contributed by atoms with Crippen molar-refractivity contribution in [3.8, 4) is 0 Å². The lowest BCUT2D eigenvalue weighted by Gasteiger charge is -2.27. The average molecular weight is 398 g/mol. The van der Waals surface area contributed by atoms with Crippen molar-refractivity contribution in [1.29, 1.82) is 0 Å². The summed E-state index contributed by atoms with van der Waals surface area (Å²) >= 11 is 1.58. The highest BCUT2D eigenvalue weighted by Crippen LogP contribution is 2.24. The Labute approximate surface area is 161 Å². The minimum Gasteiger partial charge on any atom is -0.375 e. The third-order valence-corrected chi connectivity index (χ3v) is 5.49. The summed E-state index contributed by atoms with van der Waals surface area (Å²) in [5, 5.41) is 9.30. The first-order valence-electron chi connectivity index (χ1n) is 8.04. The highest BCUT2D eigenvalue weighted by molar-refractivity contribution is 7.09. The van der Waals surface area contributed by atoms with Crippen LogP contribution in [0.2, 0.25) is 0 Å². The topological polar surface area (TPSA) is 63.2 Å². The molecule has 0 aliphatic carbocycles. The van der Waals surface area contributed by atoms with Crippen molar-refractivity contribution in [3.05, 3.63) is 16.1 Å². The molecule has 5 nitrogen and oxygen atoms in total. The van der Waals surface area contributed by atoms with Crippen LogP contribution < -0.4 is 10.6 Å².